The molecule has 2 N–H and O–H groups in total. The van der Waals surface area contributed by atoms with Crippen molar-refractivity contribution < 1.29 is 13.2 Å². The summed E-state index contributed by atoms with van der Waals surface area (Å²) in [5.74, 6) is 1.10. The molecule has 0 spiro atoms. The van der Waals surface area contributed by atoms with E-state index in [9.17, 15) is 8.42 Å². The van der Waals surface area contributed by atoms with E-state index in [4.69, 9.17) is 4.74 Å². The Morgan fingerprint density at radius 3 is 2.48 bits per heavy atom. The van der Waals surface area contributed by atoms with Crippen LogP contribution in [0.2, 0.25) is 0 Å². The Kier molecular flexibility index (Phi) is 9.73. The van der Waals surface area contributed by atoms with Gasteiger partial charge in [0.2, 0.25) is 0 Å². The van der Waals surface area contributed by atoms with Gasteiger partial charge in [0.1, 0.15) is 0 Å². The number of guanidine groups is 1. The fraction of sp³-hybridized carbons (Fsp3) is 0.588. The molecule has 0 bridgehead atoms. The van der Waals surface area contributed by atoms with Gasteiger partial charge in [0.25, 0.3) is 0 Å². The van der Waals surface area contributed by atoms with Crippen LogP contribution in [-0.2, 0) is 27.7 Å². The van der Waals surface area contributed by atoms with Crippen LogP contribution in [0.3, 0.4) is 0 Å². The third-order valence-corrected chi connectivity index (χ3v) is 5.60. The first-order chi connectivity index (χ1) is 11.5. The normalized spacial score (nSPS) is 19.3. The van der Waals surface area contributed by atoms with Crippen LogP contribution in [0, 0.1) is 0 Å². The van der Waals surface area contributed by atoms with Gasteiger partial charge in [-0.3, -0.25) is 0 Å². The zero-order chi connectivity index (χ0) is 17.4. The van der Waals surface area contributed by atoms with Crippen LogP contribution in [0.15, 0.2) is 29.3 Å². The van der Waals surface area contributed by atoms with Crippen LogP contribution in [-0.4, -0.2) is 45.1 Å². The molecule has 1 heterocycles. The standard InChI is InChI=1S/C17H27N3O3S.HI/c1-3-18-17(20-16-9-10-24(21,22)13-16)19-11-14-5-7-15(8-6-14)12-23-4-2;/h5-8,16H,3-4,9-13H2,1-2H3,(H2,18,19,20);1H. The summed E-state index contributed by atoms with van der Waals surface area (Å²) in [4.78, 5) is 4.56. The number of sulfone groups is 1. The molecule has 1 aliphatic rings. The quantitative estimate of drug-likeness (QED) is 0.354. The molecule has 2 rings (SSSR count). The van der Waals surface area contributed by atoms with Crippen molar-refractivity contribution in [1.82, 2.24) is 10.6 Å². The smallest absolute Gasteiger partial charge is 0.191 e. The summed E-state index contributed by atoms with van der Waals surface area (Å²) in [7, 11) is -2.89. The van der Waals surface area contributed by atoms with Crippen molar-refractivity contribution in [3.8, 4) is 0 Å². The van der Waals surface area contributed by atoms with E-state index >= 15 is 0 Å². The van der Waals surface area contributed by atoms with Crippen molar-refractivity contribution in [2.45, 2.75) is 39.5 Å². The van der Waals surface area contributed by atoms with Gasteiger partial charge in [-0.25, -0.2) is 13.4 Å². The summed E-state index contributed by atoms with van der Waals surface area (Å²) < 4.78 is 28.5. The molecular weight excluding hydrogens is 453 g/mol. The lowest BCUT2D eigenvalue weighted by atomic mass is 10.1. The largest absolute Gasteiger partial charge is 0.377 e. The van der Waals surface area contributed by atoms with Crippen molar-refractivity contribution in [1.29, 1.82) is 0 Å². The van der Waals surface area contributed by atoms with Gasteiger partial charge in [-0.2, -0.15) is 0 Å². The SMILES string of the molecule is CCNC(=NCc1ccc(COCC)cc1)NC1CCS(=O)(=O)C1.I. The van der Waals surface area contributed by atoms with Gasteiger partial charge >= 0.3 is 0 Å². The minimum Gasteiger partial charge on any atom is -0.377 e. The van der Waals surface area contributed by atoms with Gasteiger partial charge in [0, 0.05) is 19.2 Å². The molecule has 1 aromatic rings. The number of ether oxygens (including phenoxy) is 1. The minimum absolute atomic E-state index is 0. The molecular formula is C17H28IN3O3S. The highest BCUT2D eigenvalue weighted by atomic mass is 127. The lowest BCUT2D eigenvalue weighted by molar-refractivity contribution is 0.134. The average molecular weight is 481 g/mol. The van der Waals surface area contributed by atoms with Crippen molar-refractivity contribution in [3.63, 3.8) is 0 Å². The second-order valence-corrected chi connectivity index (χ2v) is 8.12. The molecule has 6 nitrogen and oxygen atoms in total. The van der Waals surface area contributed by atoms with Crippen LogP contribution >= 0.6 is 24.0 Å². The molecule has 1 atom stereocenters. The van der Waals surface area contributed by atoms with E-state index in [2.05, 4.69) is 15.6 Å². The Hall–Kier alpha value is -0.870. The maximum Gasteiger partial charge on any atom is 0.191 e. The number of benzene rings is 1. The van der Waals surface area contributed by atoms with Crippen LogP contribution in [0.1, 0.15) is 31.4 Å². The number of halogens is 1. The predicted octanol–water partition coefficient (Wildman–Crippen LogP) is 2.08. The molecule has 1 aromatic carbocycles. The zero-order valence-electron chi connectivity index (χ0n) is 14.8. The fourth-order valence-electron chi connectivity index (χ4n) is 2.55. The molecule has 0 saturated carbocycles. The van der Waals surface area contributed by atoms with Gasteiger partial charge in [-0.05, 0) is 31.4 Å². The highest BCUT2D eigenvalue weighted by Gasteiger charge is 2.28. The summed E-state index contributed by atoms with van der Waals surface area (Å²) in [5, 5.41) is 6.39. The number of hydrogen-bond donors (Lipinski definition) is 2. The number of nitrogens with zero attached hydrogens (tertiary/aromatic N) is 1. The van der Waals surface area contributed by atoms with E-state index in [0.29, 0.717) is 32.1 Å². The molecule has 0 aromatic heterocycles. The maximum absolute atomic E-state index is 11.6. The molecule has 142 valence electrons. The van der Waals surface area contributed by atoms with Crippen molar-refractivity contribution in [2.24, 2.45) is 4.99 Å². The second-order valence-electron chi connectivity index (χ2n) is 5.89. The Bertz CT molecular complexity index is 648. The first kappa shape index (κ1) is 22.2. The third-order valence-electron chi connectivity index (χ3n) is 3.83. The van der Waals surface area contributed by atoms with Gasteiger partial charge in [0.05, 0.1) is 24.7 Å². The molecule has 1 saturated heterocycles. The summed E-state index contributed by atoms with van der Waals surface area (Å²) in [6, 6.07) is 8.12. The van der Waals surface area contributed by atoms with Gasteiger partial charge in [-0.15, -0.1) is 24.0 Å². The number of aliphatic imine (C=N–C) groups is 1. The number of nitrogens with one attached hydrogen (secondary N) is 2. The summed E-state index contributed by atoms with van der Waals surface area (Å²) >= 11 is 0. The Morgan fingerprint density at radius 1 is 1.24 bits per heavy atom. The molecule has 1 aliphatic heterocycles. The maximum atomic E-state index is 11.6. The lowest BCUT2D eigenvalue weighted by Gasteiger charge is -2.15. The zero-order valence-corrected chi connectivity index (χ0v) is 18.0. The van der Waals surface area contributed by atoms with Crippen molar-refractivity contribution in [2.75, 3.05) is 24.7 Å². The highest BCUT2D eigenvalue weighted by molar-refractivity contribution is 14.0. The predicted molar refractivity (Wildman–Crippen MR) is 112 cm³/mol. The second kappa shape index (κ2) is 11.0. The fourth-order valence-corrected chi connectivity index (χ4v) is 4.23. The van der Waals surface area contributed by atoms with E-state index < -0.39 is 9.84 Å². The van der Waals surface area contributed by atoms with E-state index in [1.807, 2.05) is 38.1 Å². The lowest BCUT2D eigenvalue weighted by Crippen LogP contribution is -2.44. The van der Waals surface area contributed by atoms with E-state index in [1.165, 1.54) is 0 Å². The number of hydrogen-bond acceptors (Lipinski definition) is 4. The molecule has 0 aliphatic carbocycles. The molecule has 8 heteroatoms. The molecule has 0 radical (unpaired) electrons. The molecule has 1 fully saturated rings. The van der Waals surface area contributed by atoms with Crippen molar-refractivity contribution in [3.05, 3.63) is 35.4 Å². The highest BCUT2D eigenvalue weighted by Crippen LogP contribution is 2.11. The first-order valence-corrected chi connectivity index (χ1v) is 10.3. The molecule has 25 heavy (non-hydrogen) atoms. The van der Waals surface area contributed by atoms with Crippen LogP contribution in [0.25, 0.3) is 0 Å². The summed E-state index contributed by atoms with van der Waals surface area (Å²) in [5.41, 5.74) is 2.25. The Labute approximate surface area is 167 Å². The molecule has 0 amide bonds. The van der Waals surface area contributed by atoms with Crippen LogP contribution in [0.5, 0.6) is 0 Å². The minimum atomic E-state index is -2.89. The number of rotatable bonds is 7. The van der Waals surface area contributed by atoms with E-state index in [1.54, 1.807) is 0 Å². The van der Waals surface area contributed by atoms with Gasteiger partial charge in [-0.1, -0.05) is 24.3 Å². The van der Waals surface area contributed by atoms with E-state index in [0.717, 1.165) is 17.7 Å². The van der Waals surface area contributed by atoms with Crippen LogP contribution < -0.4 is 10.6 Å². The monoisotopic (exact) mass is 481 g/mol. The summed E-state index contributed by atoms with van der Waals surface area (Å²) in [6.07, 6.45) is 0.638. The Morgan fingerprint density at radius 2 is 1.92 bits per heavy atom. The molecule has 1 unspecified atom stereocenters. The van der Waals surface area contributed by atoms with Gasteiger partial charge < -0.3 is 15.4 Å². The van der Waals surface area contributed by atoms with Crippen molar-refractivity contribution >= 4 is 39.8 Å². The Balaban J connectivity index is 0.00000312. The van der Waals surface area contributed by atoms with Gasteiger partial charge in [0.15, 0.2) is 15.8 Å². The topological polar surface area (TPSA) is 79.8 Å². The third kappa shape index (κ3) is 7.91. The van der Waals surface area contributed by atoms with E-state index in [-0.39, 0.29) is 41.5 Å². The average Bonchev–Trinajstić information content (AvgIpc) is 2.90. The summed E-state index contributed by atoms with van der Waals surface area (Å²) in [6.45, 7) is 6.59. The van der Waals surface area contributed by atoms with Crippen LogP contribution in [0.4, 0.5) is 0 Å². The first-order valence-electron chi connectivity index (χ1n) is 8.43.